The minimum Gasteiger partial charge on any atom is -0.462 e. The van der Waals surface area contributed by atoms with E-state index in [-0.39, 0.29) is 25.2 Å². The molecule has 0 fully saturated rings. The van der Waals surface area contributed by atoms with E-state index in [1.807, 2.05) is 0 Å². The molecule has 0 bridgehead atoms. The Bertz CT molecular complexity index is 977. The van der Waals surface area contributed by atoms with Crippen LogP contribution in [-0.2, 0) is 23.8 Å². The predicted octanol–water partition coefficient (Wildman–Crippen LogP) is 15.8. The summed E-state index contributed by atoms with van der Waals surface area (Å²) >= 11 is 0. The number of hydrogen-bond donors (Lipinski definition) is 0. The van der Waals surface area contributed by atoms with E-state index in [2.05, 4.69) is 81.5 Å². The molecule has 0 aliphatic heterocycles. The van der Waals surface area contributed by atoms with Gasteiger partial charge in [0.25, 0.3) is 0 Å². The van der Waals surface area contributed by atoms with Crippen molar-refractivity contribution in [2.75, 3.05) is 19.8 Å². The van der Waals surface area contributed by atoms with Crippen LogP contribution in [-0.4, -0.2) is 37.9 Å². The van der Waals surface area contributed by atoms with Gasteiger partial charge in [-0.25, -0.2) is 0 Å². The summed E-state index contributed by atoms with van der Waals surface area (Å²) in [5, 5.41) is 0. The number of unbranched alkanes of at least 4 members (excludes halogenated alkanes) is 22. The predicted molar refractivity (Wildman–Crippen MR) is 242 cm³/mol. The van der Waals surface area contributed by atoms with Gasteiger partial charge in [-0.15, -0.1) is 0 Å². The van der Waals surface area contributed by atoms with Crippen molar-refractivity contribution in [1.82, 2.24) is 0 Å². The molecule has 1 unspecified atom stereocenters. The van der Waals surface area contributed by atoms with Crippen molar-refractivity contribution in [1.29, 1.82) is 0 Å². The van der Waals surface area contributed by atoms with Gasteiger partial charge in [0.2, 0.25) is 0 Å². The highest BCUT2D eigenvalue weighted by Crippen LogP contribution is 2.13. The summed E-state index contributed by atoms with van der Waals surface area (Å²) in [5.41, 5.74) is 0. The third-order valence-corrected chi connectivity index (χ3v) is 9.96. The van der Waals surface area contributed by atoms with Crippen molar-refractivity contribution in [3.63, 3.8) is 0 Å². The zero-order chi connectivity index (χ0) is 40.7. The lowest BCUT2D eigenvalue weighted by atomic mass is 10.1. The van der Waals surface area contributed by atoms with E-state index in [1.54, 1.807) is 0 Å². The van der Waals surface area contributed by atoms with Crippen LogP contribution < -0.4 is 0 Å². The Kier molecular flexibility index (Phi) is 45.0. The van der Waals surface area contributed by atoms with Crippen LogP contribution in [0.2, 0.25) is 0 Å². The number of esters is 2. The van der Waals surface area contributed by atoms with E-state index in [0.717, 1.165) is 77.0 Å². The maximum absolute atomic E-state index is 12.7. The summed E-state index contributed by atoms with van der Waals surface area (Å²) in [6.07, 6.45) is 57.9. The molecule has 0 rings (SSSR count). The molecule has 5 nitrogen and oxygen atoms in total. The summed E-state index contributed by atoms with van der Waals surface area (Å²) in [7, 11) is 0. The van der Waals surface area contributed by atoms with Crippen LogP contribution in [0, 0.1) is 0 Å². The van der Waals surface area contributed by atoms with Crippen molar-refractivity contribution in [3.8, 4) is 0 Å². The quantitative estimate of drug-likeness (QED) is 0.0350. The molecule has 0 aromatic rings. The minimum absolute atomic E-state index is 0.0691. The van der Waals surface area contributed by atoms with E-state index < -0.39 is 6.10 Å². The zero-order valence-electron chi connectivity index (χ0n) is 37.1. The van der Waals surface area contributed by atoms with Crippen LogP contribution in [0.25, 0.3) is 0 Å². The first-order valence-electron chi connectivity index (χ1n) is 23.8. The molecule has 0 aliphatic carbocycles. The van der Waals surface area contributed by atoms with E-state index in [1.165, 1.54) is 116 Å². The normalized spacial score (nSPS) is 12.7. The molecule has 1 atom stereocenters. The Morgan fingerprint density at radius 3 is 1.27 bits per heavy atom. The van der Waals surface area contributed by atoms with Gasteiger partial charge in [0.15, 0.2) is 6.10 Å². The van der Waals surface area contributed by atoms with Gasteiger partial charge in [-0.3, -0.25) is 9.59 Å². The molecule has 56 heavy (non-hydrogen) atoms. The lowest BCUT2D eigenvalue weighted by Gasteiger charge is -2.18. The second kappa shape index (κ2) is 47.0. The summed E-state index contributed by atoms with van der Waals surface area (Å²) in [5.74, 6) is -0.432. The summed E-state index contributed by atoms with van der Waals surface area (Å²) in [6, 6.07) is 0. The highest BCUT2D eigenvalue weighted by Gasteiger charge is 2.17. The molecule has 0 aromatic carbocycles. The Morgan fingerprint density at radius 1 is 0.393 bits per heavy atom. The van der Waals surface area contributed by atoms with Gasteiger partial charge in [0.05, 0.1) is 6.61 Å². The zero-order valence-corrected chi connectivity index (χ0v) is 37.1. The Morgan fingerprint density at radius 2 is 0.786 bits per heavy atom. The molecular formula is C51H90O5. The van der Waals surface area contributed by atoms with Crippen molar-refractivity contribution in [2.24, 2.45) is 0 Å². The molecule has 5 heteroatoms. The van der Waals surface area contributed by atoms with Crippen molar-refractivity contribution >= 4 is 11.9 Å². The number of hydrogen-bond acceptors (Lipinski definition) is 5. The molecule has 0 heterocycles. The Balaban J connectivity index is 4.31. The van der Waals surface area contributed by atoms with E-state index in [9.17, 15) is 9.59 Å². The van der Waals surface area contributed by atoms with Crippen molar-refractivity contribution in [2.45, 2.75) is 232 Å². The number of carbonyl (C=O) groups is 2. The SMILES string of the molecule is CCC/C=C\C/C=C\CCCCCCCC(=O)OCC(COCCCCCCCC/C=C\CCCCCC)OC(=O)CCCCCCC/C=C\C/C=C\CCC. The number of rotatable bonds is 43. The van der Waals surface area contributed by atoms with Crippen LogP contribution in [0.15, 0.2) is 60.8 Å². The van der Waals surface area contributed by atoms with Gasteiger partial charge >= 0.3 is 11.9 Å². The number of allylic oxidation sites excluding steroid dienone is 10. The topological polar surface area (TPSA) is 61.8 Å². The maximum atomic E-state index is 12.7. The molecule has 0 amide bonds. The molecule has 0 aromatic heterocycles. The molecular weight excluding hydrogens is 693 g/mol. The molecule has 324 valence electrons. The van der Waals surface area contributed by atoms with Gasteiger partial charge in [-0.2, -0.15) is 0 Å². The molecule has 0 aliphatic rings. The largest absolute Gasteiger partial charge is 0.462 e. The van der Waals surface area contributed by atoms with Crippen LogP contribution >= 0.6 is 0 Å². The fourth-order valence-corrected chi connectivity index (χ4v) is 6.40. The smallest absolute Gasteiger partial charge is 0.306 e. The average molecular weight is 783 g/mol. The summed E-state index contributed by atoms with van der Waals surface area (Å²) < 4.78 is 17.3. The van der Waals surface area contributed by atoms with Crippen LogP contribution in [0.4, 0.5) is 0 Å². The molecule has 0 saturated heterocycles. The third kappa shape index (κ3) is 44.3. The van der Waals surface area contributed by atoms with Gasteiger partial charge in [0.1, 0.15) is 6.61 Å². The van der Waals surface area contributed by atoms with Crippen LogP contribution in [0.3, 0.4) is 0 Å². The highest BCUT2D eigenvalue weighted by atomic mass is 16.6. The molecule has 0 N–H and O–H groups in total. The second-order valence-electron chi connectivity index (χ2n) is 15.6. The Labute approximate surface area is 347 Å². The maximum Gasteiger partial charge on any atom is 0.306 e. The van der Waals surface area contributed by atoms with Crippen molar-refractivity contribution in [3.05, 3.63) is 60.8 Å². The fourth-order valence-electron chi connectivity index (χ4n) is 6.40. The first-order valence-corrected chi connectivity index (χ1v) is 23.8. The van der Waals surface area contributed by atoms with E-state index in [4.69, 9.17) is 14.2 Å². The highest BCUT2D eigenvalue weighted by molar-refractivity contribution is 5.70. The lowest BCUT2D eigenvalue weighted by Crippen LogP contribution is -2.30. The second-order valence-corrected chi connectivity index (χ2v) is 15.6. The summed E-state index contributed by atoms with van der Waals surface area (Å²) in [6.45, 7) is 7.65. The number of ether oxygens (including phenoxy) is 3. The van der Waals surface area contributed by atoms with Crippen LogP contribution in [0.5, 0.6) is 0 Å². The van der Waals surface area contributed by atoms with Crippen molar-refractivity contribution < 1.29 is 23.8 Å². The first-order chi connectivity index (χ1) is 27.6. The monoisotopic (exact) mass is 783 g/mol. The van der Waals surface area contributed by atoms with Gasteiger partial charge in [-0.1, -0.05) is 178 Å². The van der Waals surface area contributed by atoms with E-state index >= 15 is 0 Å². The Hall–Kier alpha value is -2.40. The third-order valence-electron chi connectivity index (χ3n) is 9.96. The molecule has 0 spiro atoms. The first kappa shape index (κ1) is 53.6. The van der Waals surface area contributed by atoms with Gasteiger partial charge < -0.3 is 14.2 Å². The van der Waals surface area contributed by atoms with Gasteiger partial charge in [-0.05, 0) is 96.3 Å². The van der Waals surface area contributed by atoms with Crippen LogP contribution in [0.1, 0.15) is 226 Å². The molecule has 0 radical (unpaired) electrons. The molecule has 0 saturated carbocycles. The fraction of sp³-hybridized carbons (Fsp3) is 0.765. The van der Waals surface area contributed by atoms with Gasteiger partial charge in [0, 0.05) is 19.4 Å². The number of carbonyl (C=O) groups excluding carboxylic acids is 2. The lowest BCUT2D eigenvalue weighted by molar-refractivity contribution is -0.163. The standard InChI is InChI=1S/C51H90O5/c1-4-7-10-13-16-19-22-25-28-31-34-37-40-43-46-54-47-49(56-51(53)45-42-39-36-33-30-27-24-21-18-15-12-9-6-3)48-55-50(52)44-41-38-35-32-29-26-23-20-17-14-11-8-5-2/h11-12,14-15,19-24,49H,4-10,13,16-18,25-48H2,1-3H3/b14-11-,15-12-,22-19-,23-20-,24-21-. The summed E-state index contributed by atoms with van der Waals surface area (Å²) in [4.78, 5) is 25.3. The average Bonchev–Trinajstić information content (AvgIpc) is 3.20. The minimum atomic E-state index is -0.551. The van der Waals surface area contributed by atoms with E-state index in [0.29, 0.717) is 19.4 Å².